The molecule has 0 aliphatic rings. The van der Waals surface area contributed by atoms with E-state index in [9.17, 15) is 4.79 Å². The van der Waals surface area contributed by atoms with Crippen molar-refractivity contribution in [3.8, 4) is 5.82 Å². The third-order valence-electron chi connectivity index (χ3n) is 2.17. The van der Waals surface area contributed by atoms with Gasteiger partial charge in [0.2, 0.25) is 5.82 Å². The highest BCUT2D eigenvalue weighted by Gasteiger charge is 2.12. The van der Waals surface area contributed by atoms with Crippen molar-refractivity contribution in [3.63, 3.8) is 0 Å². The zero-order chi connectivity index (χ0) is 12.4. The van der Waals surface area contributed by atoms with Crippen LogP contribution in [0.2, 0.25) is 0 Å². The second kappa shape index (κ2) is 4.32. The first kappa shape index (κ1) is 11.3. The molecule has 0 spiro atoms. The molecule has 2 aromatic heterocycles. The number of carbonyl (C=O) groups is 1. The van der Waals surface area contributed by atoms with Crippen LogP contribution in [0.5, 0.6) is 0 Å². The molecule has 0 bridgehead atoms. The Morgan fingerprint density at radius 3 is 2.65 bits per heavy atom. The van der Waals surface area contributed by atoms with Gasteiger partial charge in [-0.25, -0.2) is 19.4 Å². The number of rotatable bonds is 2. The molecule has 2 rings (SSSR count). The first-order chi connectivity index (χ1) is 8.10. The van der Waals surface area contributed by atoms with Gasteiger partial charge < -0.3 is 4.74 Å². The maximum atomic E-state index is 11.4. The summed E-state index contributed by atoms with van der Waals surface area (Å²) in [7, 11) is 1.30. The topological polar surface area (TPSA) is 69.9 Å². The van der Waals surface area contributed by atoms with Crippen molar-refractivity contribution in [2.24, 2.45) is 0 Å². The van der Waals surface area contributed by atoms with Crippen LogP contribution in [0.25, 0.3) is 5.82 Å². The maximum absolute atomic E-state index is 11.4. The molecule has 0 amide bonds. The summed E-state index contributed by atoms with van der Waals surface area (Å²) in [5.74, 6) is 0.0282. The molecule has 17 heavy (non-hydrogen) atoms. The van der Waals surface area contributed by atoms with E-state index in [1.807, 2.05) is 13.0 Å². The molecule has 6 heteroatoms. The number of methoxy groups -OCH3 is 1. The normalized spacial score (nSPS) is 10.3. The van der Waals surface area contributed by atoms with Crippen molar-refractivity contribution in [1.82, 2.24) is 19.7 Å². The van der Waals surface area contributed by atoms with Gasteiger partial charge in [-0.1, -0.05) is 0 Å². The highest BCUT2D eigenvalue weighted by molar-refractivity contribution is 5.85. The quantitative estimate of drug-likeness (QED) is 0.724. The van der Waals surface area contributed by atoms with E-state index in [0.29, 0.717) is 11.5 Å². The van der Waals surface area contributed by atoms with Gasteiger partial charge in [0.1, 0.15) is 0 Å². The summed E-state index contributed by atoms with van der Waals surface area (Å²) in [6, 6.07) is 3.61. The highest BCUT2D eigenvalue weighted by Crippen LogP contribution is 2.07. The van der Waals surface area contributed by atoms with Crippen LogP contribution in [-0.4, -0.2) is 32.8 Å². The summed E-state index contributed by atoms with van der Waals surface area (Å²) in [6.07, 6.45) is 1.78. The molecular formula is C11H12N4O2. The Balaban J connectivity index is 2.48. The van der Waals surface area contributed by atoms with Crippen LogP contribution < -0.4 is 0 Å². The van der Waals surface area contributed by atoms with Crippen molar-refractivity contribution in [1.29, 1.82) is 0 Å². The van der Waals surface area contributed by atoms with Crippen molar-refractivity contribution in [3.05, 3.63) is 35.5 Å². The summed E-state index contributed by atoms with van der Waals surface area (Å²) < 4.78 is 6.19. The Morgan fingerprint density at radius 2 is 2.06 bits per heavy atom. The summed E-state index contributed by atoms with van der Waals surface area (Å²) in [6.45, 7) is 3.67. The van der Waals surface area contributed by atoms with Crippen LogP contribution in [0.1, 0.15) is 22.0 Å². The average Bonchev–Trinajstić information content (AvgIpc) is 2.74. The largest absolute Gasteiger partial charge is 0.463 e. The summed E-state index contributed by atoms with van der Waals surface area (Å²) in [5, 5.41) is 4.22. The summed E-state index contributed by atoms with van der Waals surface area (Å²) >= 11 is 0. The van der Waals surface area contributed by atoms with Crippen molar-refractivity contribution in [2.75, 3.05) is 7.11 Å². The number of aromatic nitrogens is 4. The molecule has 0 aliphatic heterocycles. The minimum Gasteiger partial charge on any atom is -0.463 e. The van der Waals surface area contributed by atoms with E-state index in [2.05, 4.69) is 19.8 Å². The fraction of sp³-hybridized carbons (Fsp3) is 0.273. The first-order valence-electron chi connectivity index (χ1n) is 5.07. The Labute approximate surface area is 98.3 Å². The van der Waals surface area contributed by atoms with Gasteiger partial charge in [0.25, 0.3) is 0 Å². The van der Waals surface area contributed by atoms with Gasteiger partial charge in [0, 0.05) is 18.0 Å². The molecule has 0 unspecified atom stereocenters. The number of hydrogen-bond donors (Lipinski definition) is 0. The number of carbonyl (C=O) groups excluding carboxylic acids is 1. The van der Waals surface area contributed by atoms with Crippen molar-refractivity contribution in [2.45, 2.75) is 13.8 Å². The van der Waals surface area contributed by atoms with E-state index in [-0.39, 0.29) is 5.82 Å². The molecule has 0 radical (unpaired) electrons. The molecule has 0 saturated carbocycles. The number of aryl methyl sites for hydroxylation is 2. The first-order valence-corrected chi connectivity index (χ1v) is 5.07. The number of hydrogen-bond acceptors (Lipinski definition) is 5. The van der Waals surface area contributed by atoms with E-state index in [4.69, 9.17) is 0 Å². The molecule has 2 aromatic rings. The van der Waals surface area contributed by atoms with E-state index < -0.39 is 5.97 Å². The predicted octanol–water partition coefficient (Wildman–Crippen LogP) is 1.07. The SMILES string of the molecule is COC(=O)c1nc(C)cc(-n2ccc(C)n2)n1. The van der Waals surface area contributed by atoms with Gasteiger partial charge in [0.05, 0.1) is 12.8 Å². The minimum absolute atomic E-state index is 0.0376. The average molecular weight is 232 g/mol. The lowest BCUT2D eigenvalue weighted by molar-refractivity contribution is 0.0586. The molecule has 0 N–H and O–H groups in total. The van der Waals surface area contributed by atoms with Crippen molar-refractivity contribution >= 4 is 5.97 Å². The van der Waals surface area contributed by atoms with E-state index in [1.54, 1.807) is 23.9 Å². The van der Waals surface area contributed by atoms with Crippen LogP contribution in [0.3, 0.4) is 0 Å². The smallest absolute Gasteiger partial charge is 0.376 e. The Kier molecular flexibility index (Phi) is 2.86. The van der Waals surface area contributed by atoms with Gasteiger partial charge in [-0.3, -0.25) is 0 Å². The second-order valence-electron chi connectivity index (χ2n) is 3.58. The van der Waals surface area contributed by atoms with Gasteiger partial charge in [-0.15, -0.1) is 0 Å². The van der Waals surface area contributed by atoms with Crippen LogP contribution in [0.4, 0.5) is 0 Å². The summed E-state index contributed by atoms with van der Waals surface area (Å²) in [5.41, 5.74) is 1.56. The molecule has 88 valence electrons. The molecule has 0 fully saturated rings. The Morgan fingerprint density at radius 1 is 1.29 bits per heavy atom. The van der Waals surface area contributed by atoms with E-state index in [0.717, 1.165) is 5.69 Å². The standard InChI is InChI=1S/C11H12N4O2/c1-7-4-5-15(14-7)9-6-8(2)12-10(13-9)11(16)17-3/h4-6H,1-3H3. The lowest BCUT2D eigenvalue weighted by Gasteiger charge is -2.04. The monoisotopic (exact) mass is 232 g/mol. The highest BCUT2D eigenvalue weighted by atomic mass is 16.5. The minimum atomic E-state index is -0.557. The molecule has 0 aromatic carbocycles. The van der Waals surface area contributed by atoms with Gasteiger partial charge in [-0.05, 0) is 19.9 Å². The fourth-order valence-electron chi connectivity index (χ4n) is 1.39. The maximum Gasteiger partial charge on any atom is 0.376 e. The molecule has 0 atom stereocenters. The van der Waals surface area contributed by atoms with E-state index in [1.165, 1.54) is 7.11 Å². The lowest BCUT2D eigenvalue weighted by atomic mass is 10.4. The Hall–Kier alpha value is -2.24. The molecule has 6 nitrogen and oxygen atoms in total. The number of ether oxygens (including phenoxy) is 1. The van der Waals surface area contributed by atoms with Crippen LogP contribution in [0, 0.1) is 13.8 Å². The van der Waals surface area contributed by atoms with E-state index >= 15 is 0 Å². The second-order valence-corrected chi connectivity index (χ2v) is 3.58. The van der Waals surface area contributed by atoms with Crippen LogP contribution >= 0.6 is 0 Å². The zero-order valence-corrected chi connectivity index (χ0v) is 9.84. The molecule has 0 saturated heterocycles. The lowest BCUT2D eigenvalue weighted by Crippen LogP contribution is -2.11. The van der Waals surface area contributed by atoms with Gasteiger partial charge in [0.15, 0.2) is 5.82 Å². The Bertz CT molecular complexity index is 562. The van der Waals surface area contributed by atoms with Gasteiger partial charge in [-0.2, -0.15) is 5.10 Å². The molecule has 0 aliphatic carbocycles. The van der Waals surface area contributed by atoms with Crippen molar-refractivity contribution < 1.29 is 9.53 Å². The third-order valence-corrected chi connectivity index (χ3v) is 2.17. The molecular weight excluding hydrogens is 220 g/mol. The fourth-order valence-corrected chi connectivity index (χ4v) is 1.39. The zero-order valence-electron chi connectivity index (χ0n) is 9.84. The summed E-state index contributed by atoms with van der Waals surface area (Å²) in [4.78, 5) is 19.5. The van der Waals surface area contributed by atoms with Crippen LogP contribution in [-0.2, 0) is 4.74 Å². The van der Waals surface area contributed by atoms with Crippen LogP contribution in [0.15, 0.2) is 18.3 Å². The predicted molar refractivity (Wildman–Crippen MR) is 60.0 cm³/mol. The third kappa shape index (κ3) is 2.30. The number of nitrogens with zero attached hydrogens (tertiary/aromatic N) is 4. The molecule has 2 heterocycles. The van der Waals surface area contributed by atoms with Gasteiger partial charge >= 0.3 is 5.97 Å². The number of esters is 1.